The Morgan fingerprint density at radius 3 is 2.19 bits per heavy atom. The Balaban J connectivity index is 0.000000160. The third-order valence-corrected chi connectivity index (χ3v) is 3.66. The van der Waals surface area contributed by atoms with Gasteiger partial charge in [-0.3, -0.25) is 0 Å². The summed E-state index contributed by atoms with van der Waals surface area (Å²) in [6.07, 6.45) is 0. The number of aliphatic hydroxyl groups is 2. The smallest absolute Gasteiger partial charge is 0.118 e. The number of thiazole rings is 2. The molecule has 0 atom stereocenters. The first-order valence-corrected chi connectivity index (χ1v) is 6.45. The molecule has 0 saturated carbocycles. The molecular weight excluding hydrogens is 244 g/mol. The van der Waals surface area contributed by atoms with Crippen LogP contribution in [0.2, 0.25) is 0 Å². The minimum absolute atomic E-state index is 0.0680. The van der Waals surface area contributed by atoms with Crippen LogP contribution in [-0.4, -0.2) is 20.2 Å². The van der Waals surface area contributed by atoms with Gasteiger partial charge in [0.2, 0.25) is 0 Å². The van der Waals surface area contributed by atoms with E-state index in [0.29, 0.717) is 0 Å². The van der Waals surface area contributed by atoms with Gasteiger partial charge in [-0.2, -0.15) is 0 Å². The van der Waals surface area contributed by atoms with Crippen molar-refractivity contribution >= 4 is 22.7 Å². The van der Waals surface area contributed by atoms with E-state index in [9.17, 15) is 0 Å². The van der Waals surface area contributed by atoms with Crippen molar-refractivity contribution in [2.45, 2.75) is 27.1 Å². The summed E-state index contributed by atoms with van der Waals surface area (Å²) in [5, 5.41) is 19.8. The molecule has 0 radical (unpaired) electrons. The van der Waals surface area contributed by atoms with Gasteiger partial charge in [-0.25, -0.2) is 9.97 Å². The lowest BCUT2D eigenvalue weighted by Crippen LogP contribution is -1.79. The summed E-state index contributed by atoms with van der Waals surface area (Å²) >= 11 is 2.98. The van der Waals surface area contributed by atoms with Crippen LogP contribution in [0.3, 0.4) is 0 Å². The number of aliphatic hydroxyl groups excluding tert-OH is 2. The van der Waals surface area contributed by atoms with Crippen molar-refractivity contribution in [3.05, 3.63) is 32.2 Å². The number of nitrogens with zero attached hydrogens (tertiary/aromatic N) is 2. The fraction of sp³-hybridized carbons (Fsp3) is 0.400. The molecule has 0 spiro atoms. The fourth-order valence-electron chi connectivity index (χ4n) is 0.953. The molecule has 16 heavy (non-hydrogen) atoms. The second kappa shape index (κ2) is 6.70. The van der Waals surface area contributed by atoms with Gasteiger partial charge in [0.15, 0.2) is 0 Å². The molecule has 2 aromatic rings. The maximum absolute atomic E-state index is 8.58. The van der Waals surface area contributed by atoms with Crippen LogP contribution >= 0.6 is 22.7 Å². The Labute approximate surface area is 102 Å². The van der Waals surface area contributed by atoms with E-state index in [0.717, 1.165) is 21.3 Å². The van der Waals surface area contributed by atoms with E-state index in [1.165, 1.54) is 22.7 Å². The number of aromatic nitrogens is 2. The second-order valence-electron chi connectivity index (χ2n) is 3.06. The number of hydrogen-bond donors (Lipinski definition) is 2. The quantitative estimate of drug-likeness (QED) is 0.863. The van der Waals surface area contributed by atoms with Crippen molar-refractivity contribution in [2.24, 2.45) is 0 Å². The molecule has 0 aliphatic heterocycles. The van der Waals surface area contributed by atoms with Crippen LogP contribution in [0.4, 0.5) is 0 Å². The number of hydrogen-bond acceptors (Lipinski definition) is 6. The zero-order valence-corrected chi connectivity index (χ0v) is 10.8. The summed E-state index contributed by atoms with van der Waals surface area (Å²) in [4.78, 5) is 8.91. The fourth-order valence-corrected chi connectivity index (χ4v) is 2.22. The van der Waals surface area contributed by atoms with Crippen molar-refractivity contribution < 1.29 is 10.2 Å². The second-order valence-corrected chi connectivity index (χ2v) is 4.94. The van der Waals surface area contributed by atoms with E-state index in [-0.39, 0.29) is 13.2 Å². The minimum atomic E-state index is 0.0680. The molecule has 0 unspecified atom stereocenters. The first kappa shape index (κ1) is 13.2. The third kappa shape index (κ3) is 3.97. The van der Waals surface area contributed by atoms with E-state index in [1.807, 2.05) is 19.2 Å². The first-order chi connectivity index (χ1) is 7.67. The van der Waals surface area contributed by atoms with Crippen LogP contribution < -0.4 is 0 Å². The summed E-state index contributed by atoms with van der Waals surface area (Å²) in [6.45, 7) is 3.99. The van der Waals surface area contributed by atoms with Gasteiger partial charge in [0.05, 0.1) is 29.3 Å². The molecule has 0 bridgehead atoms. The Morgan fingerprint density at radius 1 is 1.19 bits per heavy atom. The Kier molecular flexibility index (Phi) is 5.54. The molecule has 2 aromatic heterocycles. The average molecular weight is 258 g/mol. The predicted molar refractivity (Wildman–Crippen MR) is 65.5 cm³/mol. The van der Waals surface area contributed by atoms with E-state index in [4.69, 9.17) is 10.2 Å². The molecule has 88 valence electrons. The van der Waals surface area contributed by atoms with E-state index < -0.39 is 0 Å². The van der Waals surface area contributed by atoms with Crippen LogP contribution in [0, 0.1) is 13.8 Å². The zero-order chi connectivity index (χ0) is 12.0. The maximum atomic E-state index is 8.58. The summed E-state index contributed by atoms with van der Waals surface area (Å²) in [5.41, 5.74) is 3.66. The SMILES string of the molecule is Cc1csc(CO)n1.Cc1ncsc1CO. The van der Waals surface area contributed by atoms with Gasteiger partial charge < -0.3 is 10.2 Å². The highest BCUT2D eigenvalue weighted by Crippen LogP contribution is 2.10. The molecule has 2 heterocycles. The van der Waals surface area contributed by atoms with E-state index in [1.54, 1.807) is 5.51 Å². The maximum Gasteiger partial charge on any atom is 0.118 e. The summed E-state index contributed by atoms with van der Waals surface area (Å²) in [6, 6.07) is 0. The highest BCUT2D eigenvalue weighted by molar-refractivity contribution is 7.09. The average Bonchev–Trinajstić information content (AvgIpc) is 2.87. The van der Waals surface area contributed by atoms with Gasteiger partial charge >= 0.3 is 0 Å². The molecule has 0 saturated heterocycles. The van der Waals surface area contributed by atoms with Gasteiger partial charge in [-0.15, -0.1) is 22.7 Å². The highest BCUT2D eigenvalue weighted by Gasteiger charge is 1.95. The molecule has 0 fully saturated rings. The molecule has 0 aliphatic carbocycles. The zero-order valence-electron chi connectivity index (χ0n) is 9.17. The summed E-state index contributed by atoms with van der Waals surface area (Å²) in [7, 11) is 0. The van der Waals surface area contributed by atoms with Gasteiger partial charge in [0, 0.05) is 11.1 Å². The molecular formula is C10H14N2O2S2. The van der Waals surface area contributed by atoms with Crippen molar-refractivity contribution in [2.75, 3.05) is 0 Å². The van der Waals surface area contributed by atoms with Crippen molar-refractivity contribution in [3.8, 4) is 0 Å². The molecule has 0 aliphatic rings. The third-order valence-electron chi connectivity index (χ3n) is 1.79. The summed E-state index contributed by atoms with van der Waals surface area (Å²) < 4.78 is 0. The topological polar surface area (TPSA) is 66.2 Å². The van der Waals surface area contributed by atoms with Crippen molar-refractivity contribution in [3.63, 3.8) is 0 Å². The Hall–Kier alpha value is -0.820. The van der Waals surface area contributed by atoms with Gasteiger partial charge in [0.1, 0.15) is 5.01 Å². The lowest BCUT2D eigenvalue weighted by Gasteiger charge is -1.85. The van der Waals surface area contributed by atoms with Gasteiger partial charge in [-0.1, -0.05) is 0 Å². The lowest BCUT2D eigenvalue weighted by atomic mass is 10.4. The van der Waals surface area contributed by atoms with Crippen LogP contribution in [0.25, 0.3) is 0 Å². The monoisotopic (exact) mass is 258 g/mol. The van der Waals surface area contributed by atoms with Crippen LogP contribution in [0.15, 0.2) is 10.9 Å². The first-order valence-electron chi connectivity index (χ1n) is 4.69. The molecule has 6 heteroatoms. The van der Waals surface area contributed by atoms with Crippen LogP contribution in [0.1, 0.15) is 21.3 Å². The normalized spacial score (nSPS) is 9.75. The minimum Gasteiger partial charge on any atom is -0.391 e. The molecule has 0 amide bonds. The Bertz CT molecular complexity index is 426. The molecule has 0 aromatic carbocycles. The van der Waals surface area contributed by atoms with Crippen molar-refractivity contribution in [1.82, 2.24) is 9.97 Å². The van der Waals surface area contributed by atoms with Gasteiger partial charge in [0.25, 0.3) is 0 Å². The van der Waals surface area contributed by atoms with Crippen LogP contribution in [-0.2, 0) is 13.2 Å². The summed E-state index contributed by atoms with van der Waals surface area (Å²) in [5.74, 6) is 0. The van der Waals surface area contributed by atoms with Gasteiger partial charge in [-0.05, 0) is 13.8 Å². The van der Waals surface area contributed by atoms with Crippen LogP contribution in [0.5, 0.6) is 0 Å². The van der Waals surface area contributed by atoms with E-state index >= 15 is 0 Å². The molecule has 4 nitrogen and oxygen atoms in total. The van der Waals surface area contributed by atoms with Crippen molar-refractivity contribution in [1.29, 1.82) is 0 Å². The highest BCUT2D eigenvalue weighted by atomic mass is 32.1. The standard InChI is InChI=1S/2C5H7NOS/c1-4-5(2-7)8-3-6-4;1-4-3-8-5(2-7)6-4/h2*3,7H,2H2,1H3. The number of aryl methyl sites for hydroxylation is 2. The Morgan fingerprint density at radius 2 is 1.94 bits per heavy atom. The molecule has 2 N–H and O–H groups in total. The predicted octanol–water partition coefficient (Wildman–Crippen LogP) is 1.89. The molecule has 2 rings (SSSR count). The largest absolute Gasteiger partial charge is 0.391 e. The van der Waals surface area contributed by atoms with E-state index in [2.05, 4.69) is 9.97 Å². The number of rotatable bonds is 2. The lowest BCUT2D eigenvalue weighted by molar-refractivity contribution is 0.281.